The maximum atomic E-state index is 12.3. The highest BCUT2D eigenvalue weighted by atomic mass is 31.2. The Hall–Kier alpha value is -1.85. The first-order valence-electron chi connectivity index (χ1n) is 12.7. The molecule has 0 aliphatic rings. The van der Waals surface area contributed by atoms with Crippen LogP contribution in [0.5, 0.6) is 11.5 Å². The Balaban J connectivity index is 3.15. The predicted molar refractivity (Wildman–Crippen MR) is 151 cm³/mol. The second kappa shape index (κ2) is 9.41. The summed E-state index contributed by atoms with van der Waals surface area (Å²) in [6.07, 6.45) is 0. The Kier molecular flexibility index (Phi) is 7.98. The third-order valence-electron chi connectivity index (χ3n) is 6.81. The van der Waals surface area contributed by atoms with Gasteiger partial charge >= 0.3 is 7.82 Å². The number of aliphatic hydroxyl groups is 1. The molecule has 1 atom stereocenters. The molecular weight excluding hydrogens is 487 g/mol. The zero-order valence-electron chi connectivity index (χ0n) is 24.9. The van der Waals surface area contributed by atoms with Gasteiger partial charge in [0.15, 0.2) is 0 Å². The van der Waals surface area contributed by atoms with Crippen LogP contribution in [0.25, 0.3) is 0 Å². The Morgan fingerprint density at radius 3 is 1.30 bits per heavy atom. The molecule has 2 rings (SSSR count). The van der Waals surface area contributed by atoms with Gasteiger partial charge < -0.3 is 14.7 Å². The highest BCUT2D eigenvalue weighted by Gasteiger charge is 2.40. The molecule has 0 spiro atoms. The molecule has 208 valence electrons. The molecule has 6 nitrogen and oxygen atoms in total. The second-order valence-electron chi connectivity index (χ2n) is 14.5. The van der Waals surface area contributed by atoms with Crippen molar-refractivity contribution in [2.45, 2.75) is 117 Å². The lowest BCUT2D eigenvalue weighted by Gasteiger charge is -2.36. The predicted octanol–water partition coefficient (Wildman–Crippen LogP) is 7.31. The molecule has 0 aromatic heterocycles. The van der Waals surface area contributed by atoms with Crippen molar-refractivity contribution < 1.29 is 29.1 Å². The molecule has 7 heteroatoms. The van der Waals surface area contributed by atoms with Crippen LogP contribution >= 0.6 is 7.82 Å². The van der Waals surface area contributed by atoms with E-state index in [2.05, 4.69) is 20.8 Å². The minimum Gasteiger partial charge on any atom is -0.507 e. The van der Waals surface area contributed by atoms with E-state index in [4.69, 9.17) is 4.52 Å². The van der Waals surface area contributed by atoms with Crippen molar-refractivity contribution >= 4 is 7.82 Å². The number of phenols is 1. The molecule has 2 aromatic rings. The number of phosphoric ester groups is 1. The number of rotatable bonds is 4. The maximum Gasteiger partial charge on any atom is 0.524 e. The van der Waals surface area contributed by atoms with Crippen LogP contribution < -0.4 is 4.52 Å². The molecule has 0 aliphatic carbocycles. The summed E-state index contributed by atoms with van der Waals surface area (Å²) < 4.78 is 17.5. The van der Waals surface area contributed by atoms with E-state index in [9.17, 15) is 24.6 Å². The molecule has 0 saturated carbocycles. The topological polar surface area (TPSA) is 107 Å². The van der Waals surface area contributed by atoms with Crippen LogP contribution in [0.3, 0.4) is 0 Å². The van der Waals surface area contributed by atoms with Crippen LogP contribution in [-0.2, 0) is 31.8 Å². The smallest absolute Gasteiger partial charge is 0.507 e. The zero-order chi connectivity index (χ0) is 29.2. The van der Waals surface area contributed by atoms with Crippen LogP contribution in [0.4, 0.5) is 0 Å². The molecule has 0 bridgehead atoms. The quantitative estimate of drug-likeness (QED) is 0.306. The normalized spacial score (nSPS) is 15.5. The van der Waals surface area contributed by atoms with Gasteiger partial charge in [0, 0.05) is 16.7 Å². The summed E-state index contributed by atoms with van der Waals surface area (Å²) in [6, 6.07) is 7.37. The van der Waals surface area contributed by atoms with E-state index in [1.807, 2.05) is 74.4 Å². The van der Waals surface area contributed by atoms with Gasteiger partial charge in [-0.3, -0.25) is 9.79 Å². The summed E-state index contributed by atoms with van der Waals surface area (Å²) >= 11 is 0. The molecule has 0 amide bonds. The first kappa shape index (κ1) is 31.4. The average molecular weight is 535 g/mol. The molecule has 37 heavy (non-hydrogen) atoms. The van der Waals surface area contributed by atoms with Gasteiger partial charge in [0.25, 0.3) is 0 Å². The summed E-state index contributed by atoms with van der Waals surface area (Å²) in [5.74, 6) is -0.122. The molecule has 4 N–H and O–H groups in total. The Morgan fingerprint density at radius 1 is 0.595 bits per heavy atom. The summed E-state index contributed by atoms with van der Waals surface area (Å²) in [5, 5.41) is 23.8. The van der Waals surface area contributed by atoms with Gasteiger partial charge in [-0.25, -0.2) is 4.57 Å². The average Bonchev–Trinajstić information content (AvgIpc) is 2.62. The van der Waals surface area contributed by atoms with Gasteiger partial charge in [-0.1, -0.05) is 95.2 Å². The Labute approximate surface area is 223 Å². The minimum atomic E-state index is -4.99. The largest absolute Gasteiger partial charge is 0.524 e. The van der Waals surface area contributed by atoms with Gasteiger partial charge in [-0.15, -0.1) is 0 Å². The fourth-order valence-electron chi connectivity index (χ4n) is 4.35. The van der Waals surface area contributed by atoms with Crippen LogP contribution in [0, 0.1) is 0 Å². The third kappa shape index (κ3) is 6.97. The van der Waals surface area contributed by atoms with E-state index in [1.54, 1.807) is 19.1 Å². The highest BCUT2D eigenvalue weighted by Crippen LogP contribution is 2.52. The van der Waals surface area contributed by atoms with Gasteiger partial charge in [0.1, 0.15) is 17.1 Å². The maximum absolute atomic E-state index is 12.3. The van der Waals surface area contributed by atoms with Crippen LogP contribution in [0.1, 0.15) is 123 Å². The highest BCUT2D eigenvalue weighted by molar-refractivity contribution is 7.46. The summed E-state index contributed by atoms with van der Waals surface area (Å²) in [7, 11) is -4.99. The van der Waals surface area contributed by atoms with Crippen LogP contribution in [0.15, 0.2) is 24.3 Å². The Bertz CT molecular complexity index is 1210. The number of benzene rings is 2. The molecular formula is C30H47O6P. The number of phosphoric acid groups is 1. The molecule has 0 aliphatic heterocycles. The molecule has 0 heterocycles. The van der Waals surface area contributed by atoms with Gasteiger partial charge in [-0.2, -0.15) is 0 Å². The summed E-state index contributed by atoms with van der Waals surface area (Å²) in [6.45, 7) is 25.6. The number of hydrogen-bond donors (Lipinski definition) is 4. The van der Waals surface area contributed by atoms with E-state index in [1.165, 1.54) is 0 Å². The van der Waals surface area contributed by atoms with Crippen molar-refractivity contribution in [2.75, 3.05) is 0 Å². The van der Waals surface area contributed by atoms with Crippen LogP contribution in [0.2, 0.25) is 0 Å². The molecule has 2 aromatic carbocycles. The van der Waals surface area contributed by atoms with E-state index in [0.29, 0.717) is 11.1 Å². The van der Waals surface area contributed by atoms with E-state index in [-0.39, 0.29) is 33.5 Å². The summed E-state index contributed by atoms with van der Waals surface area (Å²) in [4.78, 5) is 19.7. The van der Waals surface area contributed by atoms with Crippen molar-refractivity contribution in [3.8, 4) is 11.5 Å². The molecule has 0 radical (unpaired) electrons. The first-order valence-corrected chi connectivity index (χ1v) is 14.3. The second-order valence-corrected chi connectivity index (χ2v) is 15.6. The minimum absolute atomic E-state index is 0.0499. The number of hydrogen-bond acceptors (Lipinski definition) is 4. The first-order chi connectivity index (χ1) is 16.2. The number of aromatic hydroxyl groups is 1. The molecule has 0 fully saturated rings. The number of phenolic OH excluding ortho intramolecular Hbond substituents is 1. The standard InChI is InChI=1S/C30H47O6P/c1-26(2,3)18-14-20(28(7,8)9)24(31)21(15-18)30(13,32)23-17-19(27(4,5)6)16-22(29(10,11)12)25(23)36-37(33,34)35/h14-17,31-32H,1-13H3,(H2,33,34,35). The SMILES string of the molecule is CC(C)(C)c1cc(C(C)(C)C)c(O)c(C(C)(O)c2cc(C(C)(C)C)cc(C(C)(C)C)c2OP(=O)(O)O)c1. The van der Waals surface area contributed by atoms with Crippen molar-refractivity contribution in [3.63, 3.8) is 0 Å². The van der Waals surface area contributed by atoms with Crippen molar-refractivity contribution in [2.24, 2.45) is 0 Å². The van der Waals surface area contributed by atoms with Gasteiger partial charge in [-0.05, 0) is 57.4 Å². The van der Waals surface area contributed by atoms with E-state index in [0.717, 1.165) is 11.1 Å². The fourth-order valence-corrected chi connectivity index (χ4v) is 4.79. The van der Waals surface area contributed by atoms with E-state index >= 15 is 0 Å². The summed E-state index contributed by atoms with van der Waals surface area (Å²) in [5.41, 5.74) is 0.00660. The fraction of sp³-hybridized carbons (Fsp3) is 0.600. The molecule has 1 unspecified atom stereocenters. The van der Waals surface area contributed by atoms with Gasteiger partial charge in [0.2, 0.25) is 0 Å². The monoisotopic (exact) mass is 534 g/mol. The lowest BCUT2D eigenvalue weighted by Crippen LogP contribution is -2.29. The Morgan fingerprint density at radius 2 is 0.946 bits per heavy atom. The lowest BCUT2D eigenvalue weighted by molar-refractivity contribution is 0.0958. The van der Waals surface area contributed by atoms with Crippen molar-refractivity contribution in [3.05, 3.63) is 57.6 Å². The third-order valence-corrected chi connectivity index (χ3v) is 7.23. The zero-order valence-corrected chi connectivity index (χ0v) is 25.8. The van der Waals surface area contributed by atoms with Crippen molar-refractivity contribution in [1.29, 1.82) is 0 Å². The van der Waals surface area contributed by atoms with E-state index < -0.39 is 24.3 Å². The lowest BCUT2D eigenvalue weighted by atomic mass is 9.73. The molecule has 0 saturated heterocycles. The van der Waals surface area contributed by atoms with Crippen LogP contribution in [-0.4, -0.2) is 20.0 Å². The van der Waals surface area contributed by atoms with Crippen molar-refractivity contribution in [1.82, 2.24) is 0 Å². The van der Waals surface area contributed by atoms with Gasteiger partial charge in [0.05, 0.1) is 0 Å².